The van der Waals surface area contributed by atoms with E-state index in [0.29, 0.717) is 11.6 Å². The molecule has 2 heterocycles. The normalized spacial score (nSPS) is 14.9. The van der Waals surface area contributed by atoms with E-state index in [9.17, 15) is 4.79 Å². The Labute approximate surface area is 168 Å². The summed E-state index contributed by atoms with van der Waals surface area (Å²) in [5, 5.41) is 0. The van der Waals surface area contributed by atoms with Crippen LogP contribution in [0.2, 0.25) is 0 Å². The van der Waals surface area contributed by atoms with Crippen LogP contribution < -0.4 is 4.90 Å². The fourth-order valence-corrected chi connectivity index (χ4v) is 3.58. The number of piperazine rings is 1. The minimum atomic E-state index is 0.00932. The van der Waals surface area contributed by atoms with Crippen molar-refractivity contribution in [1.29, 1.82) is 0 Å². The monoisotopic (exact) mass is 381 g/mol. The zero-order valence-electron chi connectivity index (χ0n) is 17.0. The predicted molar refractivity (Wildman–Crippen MR) is 112 cm³/mol. The first-order valence-corrected chi connectivity index (χ1v) is 10.3. The van der Waals surface area contributed by atoms with Crippen LogP contribution in [0.5, 0.6) is 0 Å². The quantitative estimate of drug-likeness (QED) is 0.703. The van der Waals surface area contributed by atoms with Crippen molar-refractivity contribution in [3.05, 3.63) is 53.9 Å². The Balaban J connectivity index is 1.60. The molecule has 1 fully saturated rings. The molecule has 0 unspecified atom stereocenters. The second kappa shape index (κ2) is 10.2. The molecule has 1 amide bonds. The molecule has 150 valence electrons. The van der Waals surface area contributed by atoms with Crippen molar-refractivity contribution in [2.45, 2.75) is 33.2 Å². The summed E-state index contributed by atoms with van der Waals surface area (Å²) in [6.07, 6.45) is 3.61. The largest absolute Gasteiger partial charge is 0.338 e. The van der Waals surface area contributed by atoms with Crippen LogP contribution in [-0.4, -0.2) is 64.9 Å². The van der Waals surface area contributed by atoms with Crippen LogP contribution in [0.15, 0.2) is 42.6 Å². The van der Waals surface area contributed by atoms with Crippen molar-refractivity contribution in [1.82, 2.24) is 19.8 Å². The number of amides is 1. The smallest absolute Gasteiger partial charge is 0.272 e. The maximum atomic E-state index is 12.8. The Bertz CT molecular complexity index is 738. The molecule has 0 spiro atoms. The molecule has 0 radical (unpaired) electrons. The first kappa shape index (κ1) is 20.3. The van der Waals surface area contributed by atoms with Gasteiger partial charge in [-0.3, -0.25) is 9.69 Å². The molecule has 3 rings (SSSR count). The first-order chi connectivity index (χ1) is 13.7. The number of anilines is 1. The summed E-state index contributed by atoms with van der Waals surface area (Å²) in [6.45, 7) is 10.4. The Kier molecular flexibility index (Phi) is 7.37. The van der Waals surface area contributed by atoms with Crippen molar-refractivity contribution in [3.63, 3.8) is 0 Å². The molecular weight excluding hydrogens is 350 g/mol. The van der Waals surface area contributed by atoms with Gasteiger partial charge < -0.3 is 9.80 Å². The van der Waals surface area contributed by atoms with E-state index in [0.717, 1.165) is 58.7 Å². The summed E-state index contributed by atoms with van der Waals surface area (Å²) in [5.74, 6) is 0.674. The highest BCUT2D eigenvalue weighted by Gasteiger charge is 2.21. The van der Waals surface area contributed by atoms with Crippen LogP contribution >= 0.6 is 0 Å². The highest BCUT2D eigenvalue weighted by Crippen LogP contribution is 2.14. The van der Waals surface area contributed by atoms with E-state index in [-0.39, 0.29) is 5.91 Å². The number of benzene rings is 1. The zero-order valence-corrected chi connectivity index (χ0v) is 17.0. The van der Waals surface area contributed by atoms with E-state index in [4.69, 9.17) is 0 Å². The third kappa shape index (κ3) is 5.29. The Morgan fingerprint density at radius 3 is 2.32 bits per heavy atom. The molecule has 0 bridgehead atoms. The Morgan fingerprint density at radius 2 is 1.68 bits per heavy atom. The number of hydrogen-bond acceptors (Lipinski definition) is 5. The van der Waals surface area contributed by atoms with Gasteiger partial charge in [-0.25, -0.2) is 9.97 Å². The van der Waals surface area contributed by atoms with Gasteiger partial charge in [-0.05, 0) is 24.5 Å². The third-order valence-corrected chi connectivity index (χ3v) is 5.04. The Morgan fingerprint density at radius 1 is 1.00 bits per heavy atom. The standard InChI is InChI=1S/C22H31N5O/c1-3-12-26(13-4-2)21(28)20-10-11-23-22(24-20)27-16-14-25(15-17-27)18-19-8-6-5-7-9-19/h5-11H,3-4,12-18H2,1-2H3. The molecule has 0 aliphatic carbocycles. The van der Waals surface area contributed by atoms with Gasteiger partial charge >= 0.3 is 0 Å². The summed E-state index contributed by atoms with van der Waals surface area (Å²) in [5.41, 5.74) is 1.84. The molecule has 0 atom stereocenters. The van der Waals surface area contributed by atoms with Gasteiger partial charge in [0.25, 0.3) is 5.91 Å². The van der Waals surface area contributed by atoms with E-state index in [2.05, 4.69) is 63.9 Å². The minimum absolute atomic E-state index is 0.00932. The van der Waals surface area contributed by atoms with Gasteiger partial charge in [0.05, 0.1) is 0 Å². The van der Waals surface area contributed by atoms with Gasteiger partial charge in [0.2, 0.25) is 5.95 Å². The van der Waals surface area contributed by atoms with Gasteiger partial charge in [0.1, 0.15) is 5.69 Å². The van der Waals surface area contributed by atoms with E-state index in [1.165, 1.54) is 5.56 Å². The second-order valence-electron chi connectivity index (χ2n) is 7.28. The van der Waals surface area contributed by atoms with Gasteiger partial charge in [-0.2, -0.15) is 0 Å². The summed E-state index contributed by atoms with van der Waals surface area (Å²) in [6, 6.07) is 12.3. The summed E-state index contributed by atoms with van der Waals surface area (Å²) in [7, 11) is 0. The average Bonchev–Trinajstić information content (AvgIpc) is 2.74. The molecule has 1 aliphatic heterocycles. The molecule has 1 saturated heterocycles. The van der Waals surface area contributed by atoms with Gasteiger partial charge in [0.15, 0.2) is 0 Å². The highest BCUT2D eigenvalue weighted by molar-refractivity contribution is 5.92. The number of carbonyl (C=O) groups is 1. The number of nitrogens with zero attached hydrogens (tertiary/aromatic N) is 5. The minimum Gasteiger partial charge on any atom is -0.338 e. The SMILES string of the molecule is CCCN(CCC)C(=O)c1ccnc(N2CCN(Cc3ccccc3)CC2)n1. The Hall–Kier alpha value is -2.47. The van der Waals surface area contributed by atoms with Gasteiger partial charge in [0, 0.05) is 52.0 Å². The van der Waals surface area contributed by atoms with Crippen LogP contribution in [0, 0.1) is 0 Å². The lowest BCUT2D eigenvalue weighted by molar-refractivity contribution is 0.0749. The number of rotatable bonds is 8. The van der Waals surface area contributed by atoms with Crippen LogP contribution in [0.4, 0.5) is 5.95 Å². The number of carbonyl (C=O) groups excluding carboxylic acids is 1. The second-order valence-corrected chi connectivity index (χ2v) is 7.28. The van der Waals surface area contributed by atoms with Crippen molar-refractivity contribution >= 4 is 11.9 Å². The lowest BCUT2D eigenvalue weighted by Gasteiger charge is -2.34. The topological polar surface area (TPSA) is 52.6 Å². The molecule has 0 N–H and O–H groups in total. The lowest BCUT2D eigenvalue weighted by atomic mass is 10.2. The van der Waals surface area contributed by atoms with E-state index in [1.54, 1.807) is 12.3 Å². The number of aromatic nitrogens is 2. The fraction of sp³-hybridized carbons (Fsp3) is 0.500. The van der Waals surface area contributed by atoms with Crippen molar-refractivity contribution in [3.8, 4) is 0 Å². The molecule has 0 saturated carbocycles. The third-order valence-electron chi connectivity index (χ3n) is 5.04. The summed E-state index contributed by atoms with van der Waals surface area (Å²) in [4.78, 5) is 28.4. The van der Waals surface area contributed by atoms with Crippen LogP contribution in [-0.2, 0) is 6.54 Å². The average molecular weight is 382 g/mol. The van der Waals surface area contributed by atoms with Gasteiger partial charge in [-0.15, -0.1) is 0 Å². The van der Waals surface area contributed by atoms with Crippen molar-refractivity contribution < 1.29 is 4.79 Å². The lowest BCUT2D eigenvalue weighted by Crippen LogP contribution is -2.46. The van der Waals surface area contributed by atoms with Crippen LogP contribution in [0.25, 0.3) is 0 Å². The van der Waals surface area contributed by atoms with Crippen LogP contribution in [0.3, 0.4) is 0 Å². The summed E-state index contributed by atoms with van der Waals surface area (Å²) >= 11 is 0. The molecule has 1 aromatic heterocycles. The molecule has 1 aliphatic rings. The van der Waals surface area contributed by atoms with Crippen molar-refractivity contribution in [2.75, 3.05) is 44.2 Å². The molecule has 6 heteroatoms. The predicted octanol–water partition coefficient (Wildman–Crippen LogP) is 3.06. The van der Waals surface area contributed by atoms with Gasteiger partial charge in [-0.1, -0.05) is 44.2 Å². The van der Waals surface area contributed by atoms with E-state index < -0.39 is 0 Å². The fourth-order valence-electron chi connectivity index (χ4n) is 3.58. The zero-order chi connectivity index (χ0) is 19.8. The maximum Gasteiger partial charge on any atom is 0.272 e. The van der Waals surface area contributed by atoms with Crippen molar-refractivity contribution in [2.24, 2.45) is 0 Å². The van der Waals surface area contributed by atoms with E-state index in [1.807, 2.05) is 4.90 Å². The molecule has 2 aromatic rings. The first-order valence-electron chi connectivity index (χ1n) is 10.3. The van der Waals surface area contributed by atoms with Crippen LogP contribution in [0.1, 0.15) is 42.7 Å². The highest BCUT2D eigenvalue weighted by atomic mass is 16.2. The van der Waals surface area contributed by atoms with E-state index >= 15 is 0 Å². The molecule has 1 aromatic carbocycles. The molecule has 28 heavy (non-hydrogen) atoms. The summed E-state index contributed by atoms with van der Waals surface area (Å²) < 4.78 is 0. The molecule has 6 nitrogen and oxygen atoms in total. The maximum absolute atomic E-state index is 12.8. The number of hydrogen-bond donors (Lipinski definition) is 0. The molecular formula is C22H31N5O.